The quantitative estimate of drug-likeness (QED) is 0.638. The molecular formula is C21H25N5O. The largest absolute Gasteiger partial charge is 0.369 e. The maximum absolute atomic E-state index is 5.40. The average Bonchev–Trinajstić information content (AvgIpc) is 3.40. The van der Waals surface area contributed by atoms with Gasteiger partial charge in [-0.2, -0.15) is 4.98 Å². The molecular weight excluding hydrogens is 338 g/mol. The van der Waals surface area contributed by atoms with Crippen LogP contribution in [0, 0.1) is 0 Å². The summed E-state index contributed by atoms with van der Waals surface area (Å²) >= 11 is 0. The molecule has 6 nitrogen and oxygen atoms in total. The van der Waals surface area contributed by atoms with Crippen LogP contribution in [0.5, 0.6) is 0 Å². The lowest BCUT2D eigenvalue weighted by Gasteiger charge is -2.11. The van der Waals surface area contributed by atoms with Crippen LogP contribution >= 0.6 is 0 Å². The van der Waals surface area contributed by atoms with Gasteiger partial charge in [-0.25, -0.2) is 4.98 Å². The molecule has 0 bridgehead atoms. The van der Waals surface area contributed by atoms with Crippen LogP contribution < -0.4 is 10.6 Å². The van der Waals surface area contributed by atoms with E-state index in [-0.39, 0.29) is 0 Å². The summed E-state index contributed by atoms with van der Waals surface area (Å²) in [7, 11) is 0. The first-order valence-electron chi connectivity index (χ1n) is 9.67. The molecule has 6 heteroatoms. The smallest absolute Gasteiger partial charge is 0.259 e. The number of anilines is 1. The molecule has 0 unspecified atom stereocenters. The molecule has 4 rings (SSSR count). The molecule has 1 aliphatic rings. The second-order valence-corrected chi connectivity index (χ2v) is 6.96. The standard InChI is InChI=1S/C21H25N5O/c1-2-6-16(7-3-1)8-4-10-20-25-21(27-26-20)17-11-12-19(23-14-17)24-15-18-9-5-13-22-18/h1-3,6-7,11-12,14,18,22H,4-5,8-10,13,15H2,(H,23,24)/t18-/m0/s1. The van der Waals surface area contributed by atoms with Gasteiger partial charge in [0.15, 0.2) is 5.82 Å². The molecule has 1 fully saturated rings. The van der Waals surface area contributed by atoms with Gasteiger partial charge in [-0.15, -0.1) is 0 Å². The zero-order chi connectivity index (χ0) is 18.3. The van der Waals surface area contributed by atoms with Crippen molar-refractivity contribution < 1.29 is 4.52 Å². The van der Waals surface area contributed by atoms with E-state index in [4.69, 9.17) is 4.52 Å². The summed E-state index contributed by atoms with van der Waals surface area (Å²) < 4.78 is 5.40. The fraction of sp³-hybridized carbons (Fsp3) is 0.381. The van der Waals surface area contributed by atoms with Gasteiger partial charge in [0.1, 0.15) is 5.82 Å². The molecule has 1 saturated heterocycles. The van der Waals surface area contributed by atoms with E-state index in [2.05, 4.69) is 50.0 Å². The van der Waals surface area contributed by atoms with E-state index in [1.54, 1.807) is 6.20 Å². The van der Waals surface area contributed by atoms with E-state index < -0.39 is 0 Å². The molecule has 3 heterocycles. The summed E-state index contributed by atoms with van der Waals surface area (Å²) in [6.45, 7) is 2.02. The van der Waals surface area contributed by atoms with Crippen molar-refractivity contribution in [3.05, 3.63) is 60.0 Å². The lowest BCUT2D eigenvalue weighted by molar-refractivity contribution is 0.421. The molecule has 3 aromatic rings. The van der Waals surface area contributed by atoms with E-state index in [0.717, 1.165) is 49.6 Å². The van der Waals surface area contributed by atoms with Crippen LogP contribution in [0.15, 0.2) is 53.2 Å². The van der Waals surface area contributed by atoms with Crippen LogP contribution in [-0.4, -0.2) is 34.3 Å². The maximum Gasteiger partial charge on any atom is 0.259 e. The summed E-state index contributed by atoms with van der Waals surface area (Å²) in [5, 5.41) is 10.9. The molecule has 2 aromatic heterocycles. The zero-order valence-corrected chi connectivity index (χ0v) is 15.4. The highest BCUT2D eigenvalue weighted by Gasteiger charge is 2.14. The molecule has 1 aromatic carbocycles. The van der Waals surface area contributed by atoms with E-state index >= 15 is 0 Å². The van der Waals surface area contributed by atoms with Crippen molar-refractivity contribution in [2.45, 2.75) is 38.1 Å². The van der Waals surface area contributed by atoms with Gasteiger partial charge in [-0.05, 0) is 49.9 Å². The molecule has 0 spiro atoms. The first-order chi connectivity index (χ1) is 13.4. The van der Waals surface area contributed by atoms with Crippen molar-refractivity contribution in [2.24, 2.45) is 0 Å². The number of hydrogen-bond donors (Lipinski definition) is 2. The number of nitrogens with zero attached hydrogens (tertiary/aromatic N) is 3. The average molecular weight is 363 g/mol. The molecule has 1 atom stereocenters. The highest BCUT2D eigenvalue weighted by Crippen LogP contribution is 2.18. The van der Waals surface area contributed by atoms with Gasteiger partial charge in [-0.1, -0.05) is 35.5 Å². The summed E-state index contributed by atoms with van der Waals surface area (Å²) in [6.07, 6.45) is 7.08. The normalized spacial score (nSPS) is 16.5. The van der Waals surface area contributed by atoms with E-state index in [1.807, 2.05) is 18.2 Å². The van der Waals surface area contributed by atoms with Gasteiger partial charge >= 0.3 is 0 Å². The molecule has 140 valence electrons. The Hall–Kier alpha value is -2.73. The molecule has 0 radical (unpaired) electrons. The Kier molecular flexibility index (Phi) is 5.74. The minimum atomic E-state index is 0.529. The van der Waals surface area contributed by atoms with Crippen molar-refractivity contribution in [1.82, 2.24) is 20.4 Å². The van der Waals surface area contributed by atoms with Gasteiger partial charge in [0.2, 0.25) is 0 Å². The molecule has 0 saturated carbocycles. The van der Waals surface area contributed by atoms with Crippen LogP contribution in [0.4, 0.5) is 5.82 Å². The van der Waals surface area contributed by atoms with Crippen LogP contribution in [0.1, 0.15) is 30.7 Å². The maximum atomic E-state index is 5.40. The van der Waals surface area contributed by atoms with Crippen molar-refractivity contribution in [3.63, 3.8) is 0 Å². The lowest BCUT2D eigenvalue weighted by atomic mass is 10.1. The zero-order valence-electron chi connectivity index (χ0n) is 15.4. The predicted octanol–water partition coefficient (Wildman–Crippen LogP) is 3.47. The lowest BCUT2D eigenvalue weighted by Crippen LogP contribution is -2.29. The fourth-order valence-electron chi connectivity index (χ4n) is 3.35. The number of benzene rings is 1. The first kappa shape index (κ1) is 17.7. The van der Waals surface area contributed by atoms with Gasteiger partial charge in [0.05, 0.1) is 5.56 Å². The van der Waals surface area contributed by atoms with Crippen molar-refractivity contribution in [1.29, 1.82) is 0 Å². The second-order valence-electron chi connectivity index (χ2n) is 6.96. The predicted molar refractivity (Wildman–Crippen MR) is 106 cm³/mol. The number of hydrogen-bond acceptors (Lipinski definition) is 6. The minimum absolute atomic E-state index is 0.529. The SMILES string of the molecule is c1ccc(CCCc2noc(-c3ccc(NC[C@@H]4CCCN4)nc3)n2)cc1. The Balaban J connectivity index is 1.28. The van der Waals surface area contributed by atoms with E-state index in [0.29, 0.717) is 11.9 Å². The second kappa shape index (κ2) is 8.77. The Morgan fingerprint density at radius 2 is 2.04 bits per heavy atom. The third-order valence-corrected chi connectivity index (χ3v) is 4.88. The van der Waals surface area contributed by atoms with Crippen molar-refractivity contribution >= 4 is 5.82 Å². The minimum Gasteiger partial charge on any atom is -0.369 e. The molecule has 1 aliphatic heterocycles. The number of aryl methyl sites for hydroxylation is 2. The number of aromatic nitrogens is 3. The number of rotatable bonds is 8. The summed E-state index contributed by atoms with van der Waals surface area (Å²) in [5.74, 6) is 2.15. The van der Waals surface area contributed by atoms with Gasteiger partial charge < -0.3 is 15.2 Å². The van der Waals surface area contributed by atoms with Gasteiger partial charge in [0, 0.05) is 25.2 Å². The molecule has 27 heavy (non-hydrogen) atoms. The van der Waals surface area contributed by atoms with Crippen LogP contribution in [0.3, 0.4) is 0 Å². The Morgan fingerprint density at radius 3 is 2.81 bits per heavy atom. The Morgan fingerprint density at radius 1 is 1.11 bits per heavy atom. The van der Waals surface area contributed by atoms with Crippen molar-refractivity contribution in [3.8, 4) is 11.5 Å². The summed E-state index contributed by atoms with van der Waals surface area (Å²) in [5.41, 5.74) is 2.18. The van der Waals surface area contributed by atoms with E-state index in [1.165, 1.54) is 18.4 Å². The highest BCUT2D eigenvalue weighted by molar-refractivity contribution is 5.54. The van der Waals surface area contributed by atoms with Crippen LogP contribution in [-0.2, 0) is 12.8 Å². The first-order valence-corrected chi connectivity index (χ1v) is 9.67. The third kappa shape index (κ3) is 4.92. The van der Waals surface area contributed by atoms with E-state index in [9.17, 15) is 0 Å². The van der Waals surface area contributed by atoms with Crippen molar-refractivity contribution in [2.75, 3.05) is 18.4 Å². The fourth-order valence-corrected chi connectivity index (χ4v) is 3.35. The van der Waals surface area contributed by atoms with Gasteiger partial charge in [-0.3, -0.25) is 0 Å². The summed E-state index contributed by atoms with van der Waals surface area (Å²) in [4.78, 5) is 8.96. The Labute approximate surface area is 159 Å². The number of pyridine rings is 1. The topological polar surface area (TPSA) is 75.9 Å². The number of nitrogens with one attached hydrogen (secondary N) is 2. The van der Waals surface area contributed by atoms with Crippen LogP contribution in [0.2, 0.25) is 0 Å². The highest BCUT2D eigenvalue weighted by atomic mass is 16.5. The molecule has 2 N–H and O–H groups in total. The monoisotopic (exact) mass is 363 g/mol. The summed E-state index contributed by atoms with van der Waals surface area (Å²) in [6, 6.07) is 14.9. The molecule has 0 aliphatic carbocycles. The van der Waals surface area contributed by atoms with Crippen LogP contribution in [0.25, 0.3) is 11.5 Å². The molecule has 0 amide bonds. The Bertz CT molecular complexity index is 825. The third-order valence-electron chi connectivity index (χ3n) is 4.88. The van der Waals surface area contributed by atoms with Gasteiger partial charge in [0.25, 0.3) is 5.89 Å².